The highest BCUT2D eigenvalue weighted by Gasteiger charge is 2.18. The highest BCUT2D eigenvalue weighted by Crippen LogP contribution is 2.32. The number of ether oxygens (including phenoxy) is 1. The van der Waals surface area contributed by atoms with Crippen molar-refractivity contribution in [2.24, 2.45) is 0 Å². The zero-order valence-corrected chi connectivity index (χ0v) is 16.9. The van der Waals surface area contributed by atoms with Crippen LogP contribution < -0.4 is 4.74 Å². The molecule has 5 aromatic rings. The average Bonchev–Trinajstić information content (AvgIpc) is 3.19. The van der Waals surface area contributed by atoms with Gasteiger partial charge in [0.25, 0.3) is 0 Å². The Balaban J connectivity index is 1.62. The number of furan rings is 1. The maximum atomic E-state index is 13.0. The second-order valence-electron chi connectivity index (χ2n) is 6.68. The molecule has 6 heteroatoms. The van der Waals surface area contributed by atoms with Gasteiger partial charge in [-0.25, -0.2) is 9.78 Å². The van der Waals surface area contributed by atoms with Crippen molar-refractivity contribution >= 4 is 51.0 Å². The minimum Gasteiger partial charge on any atom is -0.454 e. The highest BCUT2D eigenvalue weighted by atomic mass is 35.5. The molecule has 0 N–H and O–H groups in total. The van der Waals surface area contributed by atoms with Gasteiger partial charge in [0, 0.05) is 15.8 Å². The first-order valence-electron chi connectivity index (χ1n) is 9.14. The molecule has 4 nitrogen and oxygen atoms in total. The van der Waals surface area contributed by atoms with E-state index in [2.05, 4.69) is 4.98 Å². The summed E-state index contributed by atoms with van der Waals surface area (Å²) in [7, 11) is 0. The first-order chi connectivity index (χ1) is 14.6. The van der Waals surface area contributed by atoms with Gasteiger partial charge in [0.05, 0.1) is 16.1 Å². The van der Waals surface area contributed by atoms with Crippen LogP contribution in [0.3, 0.4) is 0 Å². The van der Waals surface area contributed by atoms with Gasteiger partial charge < -0.3 is 9.15 Å². The van der Waals surface area contributed by atoms with Crippen LogP contribution in [-0.2, 0) is 0 Å². The third-order valence-corrected chi connectivity index (χ3v) is 5.24. The maximum absolute atomic E-state index is 13.0. The van der Waals surface area contributed by atoms with Crippen molar-refractivity contribution in [2.75, 3.05) is 0 Å². The second kappa shape index (κ2) is 7.48. The normalized spacial score (nSPS) is 11.1. The van der Waals surface area contributed by atoms with Crippen LogP contribution >= 0.6 is 23.2 Å². The fraction of sp³-hybridized carbons (Fsp3) is 0. The van der Waals surface area contributed by atoms with Crippen LogP contribution in [0.2, 0.25) is 10.0 Å². The molecule has 0 bridgehead atoms. The molecule has 30 heavy (non-hydrogen) atoms. The summed E-state index contributed by atoms with van der Waals surface area (Å²) >= 11 is 12.1. The average molecular weight is 434 g/mol. The van der Waals surface area contributed by atoms with Gasteiger partial charge >= 0.3 is 5.97 Å². The molecule has 2 heterocycles. The predicted octanol–water partition coefficient (Wildman–Crippen LogP) is 7.17. The van der Waals surface area contributed by atoms with E-state index >= 15 is 0 Å². The molecule has 0 spiro atoms. The SMILES string of the molecule is O=C(Oc1ccc(Cl)cc1Cl)c1cc(-c2cc3ccccc3o2)nc2ccccc12. The molecule has 0 fully saturated rings. The molecule has 0 radical (unpaired) electrons. The minimum absolute atomic E-state index is 0.234. The van der Waals surface area contributed by atoms with Crippen molar-refractivity contribution in [1.29, 1.82) is 0 Å². The van der Waals surface area contributed by atoms with E-state index in [1.807, 2.05) is 54.6 Å². The molecule has 5 rings (SSSR count). The van der Waals surface area contributed by atoms with Crippen LogP contribution in [0.5, 0.6) is 5.75 Å². The van der Waals surface area contributed by atoms with Crippen LogP contribution in [0, 0.1) is 0 Å². The molecule has 2 aromatic heterocycles. The highest BCUT2D eigenvalue weighted by molar-refractivity contribution is 6.35. The first kappa shape index (κ1) is 18.7. The number of carbonyl (C=O) groups is 1. The molecule has 0 saturated carbocycles. The van der Waals surface area contributed by atoms with Crippen LogP contribution in [0.25, 0.3) is 33.3 Å². The number of halogens is 2. The van der Waals surface area contributed by atoms with Crippen molar-refractivity contribution < 1.29 is 13.9 Å². The van der Waals surface area contributed by atoms with Crippen LogP contribution in [0.15, 0.2) is 83.3 Å². The molecular formula is C24H13Cl2NO3. The number of fused-ring (bicyclic) bond motifs is 2. The Labute approximate surface area is 181 Å². The number of aromatic nitrogens is 1. The predicted molar refractivity (Wildman–Crippen MR) is 118 cm³/mol. The molecule has 0 atom stereocenters. The minimum atomic E-state index is -0.546. The lowest BCUT2D eigenvalue weighted by Gasteiger charge is -2.10. The largest absolute Gasteiger partial charge is 0.454 e. The second-order valence-corrected chi connectivity index (χ2v) is 7.53. The summed E-state index contributed by atoms with van der Waals surface area (Å²) < 4.78 is 11.5. The molecule has 0 unspecified atom stereocenters. The lowest BCUT2D eigenvalue weighted by atomic mass is 10.1. The number of pyridine rings is 1. The zero-order valence-electron chi connectivity index (χ0n) is 15.4. The van der Waals surface area contributed by atoms with E-state index in [1.165, 1.54) is 6.07 Å². The van der Waals surface area contributed by atoms with Crippen molar-refractivity contribution in [2.45, 2.75) is 0 Å². The molecule has 0 amide bonds. The fourth-order valence-electron chi connectivity index (χ4n) is 3.29. The van der Waals surface area contributed by atoms with Gasteiger partial charge in [-0.1, -0.05) is 59.6 Å². The van der Waals surface area contributed by atoms with E-state index in [4.69, 9.17) is 32.4 Å². The topological polar surface area (TPSA) is 52.3 Å². The number of carbonyl (C=O) groups excluding carboxylic acids is 1. The van der Waals surface area contributed by atoms with Gasteiger partial charge in [0.2, 0.25) is 0 Å². The number of rotatable bonds is 3. The van der Waals surface area contributed by atoms with Gasteiger partial charge in [-0.3, -0.25) is 0 Å². The first-order valence-corrected chi connectivity index (χ1v) is 9.90. The van der Waals surface area contributed by atoms with Gasteiger partial charge in [-0.15, -0.1) is 0 Å². The smallest absolute Gasteiger partial charge is 0.344 e. The summed E-state index contributed by atoms with van der Waals surface area (Å²) in [5, 5.41) is 2.35. The zero-order chi connectivity index (χ0) is 20.7. The Morgan fingerprint density at radius 2 is 1.70 bits per heavy atom. The van der Waals surface area contributed by atoms with Gasteiger partial charge in [0.1, 0.15) is 17.0 Å². The van der Waals surface area contributed by atoms with Crippen LogP contribution in [-0.4, -0.2) is 11.0 Å². The molecule has 0 aliphatic rings. The molecule has 0 aliphatic carbocycles. The molecule has 0 aliphatic heterocycles. The third kappa shape index (κ3) is 3.41. The molecule has 0 saturated heterocycles. The summed E-state index contributed by atoms with van der Waals surface area (Å²) in [5.41, 5.74) is 2.31. The maximum Gasteiger partial charge on any atom is 0.344 e. The summed E-state index contributed by atoms with van der Waals surface area (Å²) in [5.74, 6) is 0.257. The number of hydrogen-bond donors (Lipinski definition) is 0. The lowest BCUT2D eigenvalue weighted by Crippen LogP contribution is -2.10. The molecular weight excluding hydrogens is 421 g/mol. The van der Waals surface area contributed by atoms with Gasteiger partial charge in [-0.05, 0) is 42.5 Å². The van der Waals surface area contributed by atoms with Crippen LogP contribution in [0.1, 0.15) is 10.4 Å². The van der Waals surface area contributed by atoms with Crippen molar-refractivity contribution in [3.8, 4) is 17.2 Å². The van der Waals surface area contributed by atoms with Crippen LogP contribution in [0.4, 0.5) is 0 Å². The van der Waals surface area contributed by atoms with E-state index in [0.29, 0.717) is 32.9 Å². The Morgan fingerprint density at radius 1 is 0.900 bits per heavy atom. The number of hydrogen-bond acceptors (Lipinski definition) is 4. The van der Waals surface area contributed by atoms with E-state index in [1.54, 1.807) is 18.2 Å². The Morgan fingerprint density at radius 3 is 2.53 bits per heavy atom. The van der Waals surface area contributed by atoms with Crippen molar-refractivity contribution in [3.63, 3.8) is 0 Å². The summed E-state index contributed by atoms with van der Waals surface area (Å²) in [4.78, 5) is 17.7. The summed E-state index contributed by atoms with van der Waals surface area (Å²) in [6.45, 7) is 0. The van der Waals surface area contributed by atoms with Crippen molar-refractivity contribution in [3.05, 3.63) is 94.5 Å². The summed E-state index contributed by atoms with van der Waals surface area (Å²) in [6.07, 6.45) is 0. The molecule has 146 valence electrons. The van der Waals surface area contributed by atoms with E-state index in [9.17, 15) is 4.79 Å². The monoisotopic (exact) mass is 433 g/mol. The van der Waals surface area contributed by atoms with Crippen molar-refractivity contribution in [1.82, 2.24) is 4.98 Å². The van der Waals surface area contributed by atoms with E-state index in [0.717, 1.165) is 11.0 Å². The number of para-hydroxylation sites is 2. The summed E-state index contributed by atoms with van der Waals surface area (Å²) in [6, 6.07) is 23.3. The Hall–Kier alpha value is -3.34. The quantitative estimate of drug-likeness (QED) is 0.223. The lowest BCUT2D eigenvalue weighted by molar-refractivity contribution is 0.0737. The van der Waals surface area contributed by atoms with Gasteiger partial charge in [0.15, 0.2) is 5.76 Å². The number of nitrogens with zero attached hydrogens (tertiary/aromatic N) is 1. The standard InChI is InChI=1S/C24H13Cl2NO3/c25-15-9-10-22(18(26)12-15)30-24(28)17-13-20(27-19-7-3-2-6-16(17)19)23-11-14-5-1-4-8-21(14)29-23/h1-13H. The van der Waals surface area contributed by atoms with E-state index < -0.39 is 5.97 Å². The number of benzene rings is 3. The number of esters is 1. The molecule has 3 aromatic carbocycles. The van der Waals surface area contributed by atoms with Gasteiger partial charge in [-0.2, -0.15) is 0 Å². The fourth-order valence-corrected chi connectivity index (χ4v) is 3.74. The Kier molecular flexibility index (Phi) is 4.66. The Bertz CT molecular complexity index is 1390. The third-order valence-electron chi connectivity index (χ3n) is 4.71. The van der Waals surface area contributed by atoms with E-state index in [-0.39, 0.29) is 10.8 Å².